The zero-order valence-corrected chi connectivity index (χ0v) is 8.66. The predicted octanol–water partition coefficient (Wildman–Crippen LogP) is 0.827. The molecule has 2 unspecified atom stereocenters. The number of nitrogens with zero attached hydrogens (tertiary/aromatic N) is 1. The summed E-state index contributed by atoms with van der Waals surface area (Å²) in [6, 6.07) is 0.330. The minimum Gasteiger partial charge on any atom is -0.449 e. The van der Waals surface area contributed by atoms with E-state index in [1.807, 2.05) is 4.90 Å². The van der Waals surface area contributed by atoms with Gasteiger partial charge in [-0.2, -0.15) is 0 Å². The van der Waals surface area contributed by atoms with Crippen molar-refractivity contribution in [2.45, 2.75) is 25.8 Å². The minimum absolute atomic E-state index is 0.128. The Kier molecular flexibility index (Phi) is 2.91. The van der Waals surface area contributed by atoms with Crippen molar-refractivity contribution in [3.63, 3.8) is 0 Å². The zero-order chi connectivity index (χ0) is 9.97. The Morgan fingerprint density at radius 2 is 2.43 bits per heavy atom. The minimum atomic E-state index is -0.128. The largest absolute Gasteiger partial charge is 0.449 e. The average molecular weight is 198 g/mol. The molecule has 1 amide bonds. The van der Waals surface area contributed by atoms with Crippen LogP contribution in [-0.2, 0) is 4.74 Å². The Labute approximate surface area is 84.6 Å². The van der Waals surface area contributed by atoms with E-state index < -0.39 is 0 Å². The molecule has 14 heavy (non-hydrogen) atoms. The van der Waals surface area contributed by atoms with Gasteiger partial charge in [0, 0.05) is 13.1 Å². The fraction of sp³-hybridized carbons (Fsp3) is 0.900. The molecule has 2 heterocycles. The highest BCUT2D eigenvalue weighted by atomic mass is 16.6. The summed E-state index contributed by atoms with van der Waals surface area (Å²) in [6.45, 7) is 5.64. The van der Waals surface area contributed by atoms with E-state index in [2.05, 4.69) is 12.2 Å². The van der Waals surface area contributed by atoms with Crippen LogP contribution in [0.1, 0.15) is 19.8 Å². The quantitative estimate of drug-likeness (QED) is 0.678. The standard InChI is InChI=1S/C10H18N2O2/c1-8-3-4-11-7-9(8)12-5-2-6-14-10(12)13/h8-9,11H,2-7H2,1H3. The van der Waals surface area contributed by atoms with Crippen molar-refractivity contribution in [1.29, 1.82) is 0 Å². The molecule has 1 N–H and O–H groups in total. The molecule has 0 saturated carbocycles. The van der Waals surface area contributed by atoms with Gasteiger partial charge in [0.1, 0.15) is 0 Å². The van der Waals surface area contributed by atoms with Crippen LogP contribution in [0, 0.1) is 5.92 Å². The third-order valence-electron chi connectivity index (χ3n) is 3.19. The summed E-state index contributed by atoms with van der Waals surface area (Å²) in [5.41, 5.74) is 0. The molecule has 2 aliphatic heterocycles. The molecule has 0 aromatic rings. The van der Waals surface area contributed by atoms with Crippen LogP contribution in [0.25, 0.3) is 0 Å². The molecule has 0 aromatic heterocycles. The van der Waals surface area contributed by atoms with Gasteiger partial charge >= 0.3 is 6.09 Å². The first-order chi connectivity index (χ1) is 6.79. The lowest BCUT2D eigenvalue weighted by Crippen LogP contribution is -2.54. The molecule has 0 spiro atoms. The van der Waals surface area contributed by atoms with E-state index in [9.17, 15) is 4.79 Å². The number of hydrogen-bond donors (Lipinski definition) is 1. The molecule has 2 saturated heterocycles. The number of rotatable bonds is 1. The van der Waals surface area contributed by atoms with E-state index in [1.54, 1.807) is 0 Å². The molecule has 0 bridgehead atoms. The second kappa shape index (κ2) is 4.17. The molecular weight excluding hydrogens is 180 g/mol. The van der Waals surface area contributed by atoms with Crippen LogP contribution < -0.4 is 5.32 Å². The molecule has 4 heteroatoms. The third-order valence-corrected chi connectivity index (χ3v) is 3.19. The van der Waals surface area contributed by atoms with Crippen molar-refractivity contribution in [3.8, 4) is 0 Å². The van der Waals surface area contributed by atoms with E-state index in [-0.39, 0.29) is 6.09 Å². The Bertz CT molecular complexity index is 220. The van der Waals surface area contributed by atoms with Gasteiger partial charge in [-0.3, -0.25) is 0 Å². The molecule has 0 radical (unpaired) electrons. The molecule has 0 aliphatic carbocycles. The number of amides is 1. The maximum absolute atomic E-state index is 11.5. The van der Waals surface area contributed by atoms with Gasteiger partial charge in [0.05, 0.1) is 12.6 Å². The maximum Gasteiger partial charge on any atom is 0.410 e. The second-order valence-electron chi connectivity index (χ2n) is 4.20. The fourth-order valence-electron chi connectivity index (χ4n) is 2.26. The lowest BCUT2D eigenvalue weighted by atomic mass is 9.93. The number of hydrogen-bond acceptors (Lipinski definition) is 3. The number of nitrogens with one attached hydrogen (secondary N) is 1. The molecule has 2 fully saturated rings. The number of piperidine rings is 1. The fourth-order valence-corrected chi connectivity index (χ4v) is 2.26. The summed E-state index contributed by atoms with van der Waals surface area (Å²) < 4.78 is 5.05. The Morgan fingerprint density at radius 1 is 1.57 bits per heavy atom. The van der Waals surface area contributed by atoms with Gasteiger partial charge in [0.2, 0.25) is 0 Å². The van der Waals surface area contributed by atoms with Gasteiger partial charge < -0.3 is 15.0 Å². The van der Waals surface area contributed by atoms with Crippen molar-refractivity contribution in [2.24, 2.45) is 5.92 Å². The van der Waals surface area contributed by atoms with Gasteiger partial charge in [-0.1, -0.05) is 6.92 Å². The zero-order valence-electron chi connectivity index (χ0n) is 8.66. The van der Waals surface area contributed by atoms with Gasteiger partial charge in [-0.05, 0) is 25.3 Å². The first kappa shape index (κ1) is 9.77. The number of carbonyl (C=O) groups excluding carboxylic acids is 1. The SMILES string of the molecule is CC1CCNCC1N1CCCOC1=O. The highest BCUT2D eigenvalue weighted by Gasteiger charge is 2.32. The van der Waals surface area contributed by atoms with Crippen LogP contribution in [0.5, 0.6) is 0 Å². The third kappa shape index (κ3) is 1.85. The molecule has 2 aliphatic rings. The van der Waals surface area contributed by atoms with Crippen molar-refractivity contribution in [2.75, 3.05) is 26.2 Å². The van der Waals surface area contributed by atoms with Crippen molar-refractivity contribution in [3.05, 3.63) is 0 Å². The normalized spacial score (nSPS) is 34.1. The van der Waals surface area contributed by atoms with E-state index in [1.165, 1.54) is 0 Å². The Balaban J connectivity index is 2.00. The molecule has 2 rings (SSSR count). The number of ether oxygens (including phenoxy) is 1. The summed E-state index contributed by atoms with van der Waals surface area (Å²) in [6.07, 6.45) is 1.99. The van der Waals surface area contributed by atoms with E-state index in [0.717, 1.165) is 32.5 Å². The van der Waals surface area contributed by atoms with E-state index in [4.69, 9.17) is 4.74 Å². The molecular formula is C10H18N2O2. The Morgan fingerprint density at radius 3 is 3.14 bits per heavy atom. The first-order valence-corrected chi connectivity index (χ1v) is 5.43. The van der Waals surface area contributed by atoms with Crippen LogP contribution in [0.4, 0.5) is 4.79 Å². The van der Waals surface area contributed by atoms with Crippen LogP contribution in [0.2, 0.25) is 0 Å². The molecule has 0 aromatic carbocycles. The van der Waals surface area contributed by atoms with E-state index in [0.29, 0.717) is 18.6 Å². The van der Waals surface area contributed by atoms with Crippen molar-refractivity contribution in [1.82, 2.24) is 10.2 Å². The van der Waals surface area contributed by atoms with Crippen LogP contribution in [0.3, 0.4) is 0 Å². The number of carbonyl (C=O) groups is 1. The topological polar surface area (TPSA) is 41.6 Å². The monoisotopic (exact) mass is 198 g/mol. The van der Waals surface area contributed by atoms with Gasteiger partial charge in [0.25, 0.3) is 0 Å². The smallest absolute Gasteiger partial charge is 0.410 e. The van der Waals surface area contributed by atoms with E-state index >= 15 is 0 Å². The first-order valence-electron chi connectivity index (χ1n) is 5.43. The predicted molar refractivity (Wildman–Crippen MR) is 53.1 cm³/mol. The molecule has 4 nitrogen and oxygen atoms in total. The lowest BCUT2D eigenvalue weighted by molar-refractivity contribution is 0.0375. The molecule has 2 atom stereocenters. The second-order valence-corrected chi connectivity index (χ2v) is 4.20. The van der Waals surface area contributed by atoms with Crippen LogP contribution in [-0.4, -0.2) is 43.3 Å². The van der Waals surface area contributed by atoms with Crippen LogP contribution in [0.15, 0.2) is 0 Å². The summed E-state index contributed by atoms with van der Waals surface area (Å²) in [4.78, 5) is 13.4. The van der Waals surface area contributed by atoms with Crippen molar-refractivity contribution >= 4 is 6.09 Å². The van der Waals surface area contributed by atoms with Gasteiger partial charge in [-0.15, -0.1) is 0 Å². The summed E-state index contributed by atoms with van der Waals surface area (Å²) in [5, 5.41) is 3.33. The summed E-state index contributed by atoms with van der Waals surface area (Å²) >= 11 is 0. The lowest BCUT2D eigenvalue weighted by Gasteiger charge is -2.39. The maximum atomic E-state index is 11.5. The number of cyclic esters (lactones) is 1. The summed E-state index contributed by atoms with van der Waals surface area (Å²) in [7, 11) is 0. The van der Waals surface area contributed by atoms with Gasteiger partial charge in [-0.25, -0.2) is 4.79 Å². The average Bonchev–Trinajstić information content (AvgIpc) is 2.20. The van der Waals surface area contributed by atoms with Crippen LogP contribution >= 0.6 is 0 Å². The Hall–Kier alpha value is -0.770. The van der Waals surface area contributed by atoms with Gasteiger partial charge in [0.15, 0.2) is 0 Å². The highest BCUT2D eigenvalue weighted by Crippen LogP contribution is 2.20. The van der Waals surface area contributed by atoms with Crippen molar-refractivity contribution < 1.29 is 9.53 Å². The molecule has 80 valence electrons. The summed E-state index contributed by atoms with van der Waals surface area (Å²) in [5.74, 6) is 0.585. The highest BCUT2D eigenvalue weighted by molar-refractivity contribution is 5.68.